The Bertz CT molecular complexity index is 1150. The fourth-order valence-electron chi connectivity index (χ4n) is 3.89. The van der Waals surface area contributed by atoms with E-state index in [-0.39, 0.29) is 12.9 Å². The number of rotatable bonds is 6. The number of benzene rings is 1. The Morgan fingerprint density at radius 2 is 2.06 bits per heavy atom. The number of ether oxygens (including phenoxy) is 3. The molecule has 9 nitrogen and oxygen atoms in total. The van der Waals surface area contributed by atoms with E-state index in [4.69, 9.17) is 40.9 Å². The van der Waals surface area contributed by atoms with Crippen LogP contribution in [-0.4, -0.2) is 53.8 Å². The van der Waals surface area contributed by atoms with E-state index in [1.54, 1.807) is 0 Å². The summed E-state index contributed by atoms with van der Waals surface area (Å²) in [6.45, 7) is 2.18. The Morgan fingerprint density at radius 3 is 2.88 bits per heavy atom. The Morgan fingerprint density at radius 1 is 1.25 bits per heavy atom. The van der Waals surface area contributed by atoms with E-state index in [1.807, 2.05) is 24.3 Å². The highest BCUT2D eigenvalue weighted by molar-refractivity contribution is 7.22. The highest BCUT2D eigenvalue weighted by Crippen LogP contribution is 2.35. The fraction of sp³-hybridized carbons (Fsp3) is 0.381. The topological polar surface area (TPSA) is 106 Å². The van der Waals surface area contributed by atoms with Crippen LogP contribution in [-0.2, 0) is 11.2 Å². The first-order valence-corrected chi connectivity index (χ1v) is 11.5. The molecule has 0 unspecified atom stereocenters. The summed E-state index contributed by atoms with van der Waals surface area (Å²) in [6.07, 6.45) is 0.469. The monoisotopic (exact) mass is 476 g/mol. The quantitative estimate of drug-likeness (QED) is 0.501. The molecule has 1 saturated heterocycles. The van der Waals surface area contributed by atoms with Crippen molar-refractivity contribution in [3.05, 3.63) is 34.2 Å². The van der Waals surface area contributed by atoms with Gasteiger partial charge >= 0.3 is 6.16 Å². The van der Waals surface area contributed by atoms with Gasteiger partial charge in [-0.3, -0.25) is 0 Å². The third-order valence-corrected chi connectivity index (χ3v) is 6.64. The van der Waals surface area contributed by atoms with Crippen molar-refractivity contribution in [1.29, 1.82) is 0 Å². The number of aromatic nitrogens is 2. The lowest BCUT2D eigenvalue weighted by Gasteiger charge is -2.31. The number of carbonyl (C=O) groups is 1. The van der Waals surface area contributed by atoms with Crippen molar-refractivity contribution < 1.29 is 24.1 Å². The predicted molar refractivity (Wildman–Crippen MR) is 122 cm³/mol. The number of hydrogen-bond donors (Lipinski definition) is 2. The second-order valence-corrected chi connectivity index (χ2v) is 9.24. The van der Waals surface area contributed by atoms with E-state index in [0.29, 0.717) is 42.8 Å². The summed E-state index contributed by atoms with van der Waals surface area (Å²) in [5, 5.41) is 13.1. The molecule has 0 saturated carbocycles. The molecular formula is C21H21ClN4O5S. The average Bonchev–Trinajstić information content (AvgIpc) is 3.39. The minimum absolute atomic E-state index is 0.261. The van der Waals surface area contributed by atoms with Crippen LogP contribution in [0.5, 0.6) is 11.5 Å². The molecule has 3 aromatic rings. The van der Waals surface area contributed by atoms with E-state index >= 15 is 0 Å². The van der Waals surface area contributed by atoms with Gasteiger partial charge in [-0.15, -0.1) is 11.3 Å². The molecule has 168 valence electrons. The molecule has 32 heavy (non-hydrogen) atoms. The molecule has 0 aliphatic carbocycles. The maximum absolute atomic E-state index is 10.8. The Balaban J connectivity index is 1.29. The van der Waals surface area contributed by atoms with Crippen molar-refractivity contribution in [2.24, 2.45) is 0 Å². The molecule has 2 aromatic heterocycles. The van der Waals surface area contributed by atoms with Crippen LogP contribution in [0.4, 0.5) is 16.6 Å². The van der Waals surface area contributed by atoms with E-state index in [0.717, 1.165) is 39.5 Å². The zero-order valence-electron chi connectivity index (χ0n) is 17.0. The zero-order valence-corrected chi connectivity index (χ0v) is 18.6. The van der Waals surface area contributed by atoms with Crippen LogP contribution in [0.25, 0.3) is 10.2 Å². The molecule has 1 aromatic carbocycles. The number of hydrogen-bond acceptors (Lipinski definition) is 9. The molecule has 2 aliphatic rings. The summed E-state index contributed by atoms with van der Waals surface area (Å²) in [5.41, 5.74) is 1.14. The molecule has 0 radical (unpaired) electrons. The van der Waals surface area contributed by atoms with Gasteiger partial charge in [0.25, 0.3) is 0 Å². The Kier molecular flexibility index (Phi) is 5.79. The predicted octanol–water partition coefficient (Wildman–Crippen LogP) is 4.39. The number of anilines is 2. The summed E-state index contributed by atoms with van der Waals surface area (Å²) in [7, 11) is 0. The van der Waals surface area contributed by atoms with Crippen LogP contribution in [0.2, 0.25) is 4.34 Å². The Labute approximate surface area is 192 Å². The van der Waals surface area contributed by atoms with Crippen LogP contribution >= 0.6 is 22.9 Å². The second-order valence-electron chi connectivity index (χ2n) is 7.58. The van der Waals surface area contributed by atoms with Crippen LogP contribution < -0.4 is 19.7 Å². The number of thiophene rings is 1. The minimum Gasteiger partial charge on any atom is -0.454 e. The number of piperidine rings is 1. The van der Waals surface area contributed by atoms with Gasteiger partial charge in [-0.25, -0.2) is 9.78 Å². The first-order valence-electron chi connectivity index (χ1n) is 10.3. The van der Waals surface area contributed by atoms with Crippen molar-refractivity contribution in [2.75, 3.05) is 36.6 Å². The van der Waals surface area contributed by atoms with Crippen LogP contribution in [0.3, 0.4) is 0 Å². The van der Waals surface area contributed by atoms with Gasteiger partial charge in [0.05, 0.1) is 9.72 Å². The number of halogens is 1. The maximum atomic E-state index is 10.8. The number of nitrogens with zero attached hydrogens (tertiary/aromatic N) is 3. The summed E-state index contributed by atoms with van der Waals surface area (Å²) in [5.74, 6) is 2.89. The lowest BCUT2D eigenvalue weighted by molar-refractivity contribution is 0.0415. The molecule has 0 bridgehead atoms. The van der Waals surface area contributed by atoms with Gasteiger partial charge < -0.3 is 29.5 Å². The highest BCUT2D eigenvalue weighted by atomic mass is 35.5. The number of fused-ring (bicyclic) bond motifs is 2. The number of nitrogens with one attached hydrogen (secondary N) is 1. The zero-order chi connectivity index (χ0) is 22.1. The lowest BCUT2D eigenvalue weighted by Crippen LogP contribution is -2.38. The van der Waals surface area contributed by atoms with Crippen molar-refractivity contribution in [1.82, 2.24) is 9.97 Å². The summed E-state index contributed by atoms with van der Waals surface area (Å²) >= 11 is 7.67. The first kappa shape index (κ1) is 20.9. The smallest absolute Gasteiger partial charge is 0.454 e. The summed E-state index contributed by atoms with van der Waals surface area (Å²) in [6, 6.07) is 7.83. The fourth-order valence-corrected chi connectivity index (χ4v) is 4.98. The highest BCUT2D eigenvalue weighted by Gasteiger charge is 2.25. The van der Waals surface area contributed by atoms with Crippen LogP contribution in [0.15, 0.2) is 24.3 Å². The van der Waals surface area contributed by atoms with Gasteiger partial charge in [0.15, 0.2) is 11.5 Å². The van der Waals surface area contributed by atoms with Crippen LogP contribution in [0, 0.1) is 0 Å². The molecule has 0 atom stereocenters. The molecule has 0 amide bonds. The van der Waals surface area contributed by atoms with Gasteiger partial charge in [0, 0.05) is 32.5 Å². The van der Waals surface area contributed by atoms with Crippen molar-refractivity contribution in [2.45, 2.75) is 25.4 Å². The second kappa shape index (κ2) is 8.87. The summed E-state index contributed by atoms with van der Waals surface area (Å²) in [4.78, 5) is 23.1. The largest absolute Gasteiger partial charge is 0.506 e. The standard InChI is InChI=1S/C21H21ClN4O5S/c22-17-10-14-18(23-6-3-12-1-2-15-16(9-12)30-11-29-15)24-20(25-19(14)32-17)26-7-4-13(5-8-26)31-21(27)28/h1-2,9-10,13H,3-8,11H2,(H,27,28)(H,23,24,25). The van der Waals surface area contributed by atoms with E-state index in [2.05, 4.69) is 10.2 Å². The van der Waals surface area contributed by atoms with Gasteiger partial charge in [0.2, 0.25) is 12.7 Å². The van der Waals surface area contributed by atoms with Gasteiger partial charge in [-0.2, -0.15) is 4.98 Å². The SMILES string of the molecule is O=C(O)OC1CCN(c2nc(NCCc3ccc4c(c3)OCO4)c3cc(Cl)sc3n2)CC1. The minimum atomic E-state index is -1.23. The molecule has 11 heteroatoms. The van der Waals surface area contributed by atoms with E-state index in [9.17, 15) is 4.79 Å². The molecule has 1 fully saturated rings. The van der Waals surface area contributed by atoms with Crippen molar-refractivity contribution in [3.8, 4) is 11.5 Å². The van der Waals surface area contributed by atoms with Gasteiger partial charge in [0.1, 0.15) is 16.8 Å². The van der Waals surface area contributed by atoms with Crippen molar-refractivity contribution >= 4 is 51.1 Å². The molecule has 0 spiro atoms. The third-order valence-electron chi connectivity index (χ3n) is 5.49. The lowest BCUT2D eigenvalue weighted by atomic mass is 10.1. The molecular weight excluding hydrogens is 456 g/mol. The first-order chi connectivity index (χ1) is 15.5. The van der Waals surface area contributed by atoms with Gasteiger partial charge in [-0.05, 0) is 30.2 Å². The maximum Gasteiger partial charge on any atom is 0.506 e. The third kappa shape index (κ3) is 4.46. The van der Waals surface area contributed by atoms with Crippen molar-refractivity contribution in [3.63, 3.8) is 0 Å². The normalized spacial score (nSPS) is 15.8. The summed E-state index contributed by atoms with van der Waals surface area (Å²) < 4.78 is 16.4. The van der Waals surface area contributed by atoms with Gasteiger partial charge in [-0.1, -0.05) is 17.7 Å². The van der Waals surface area contributed by atoms with E-state index < -0.39 is 6.16 Å². The molecule has 2 N–H and O–H groups in total. The molecule has 4 heterocycles. The number of carboxylic acid groups (broad SMARTS) is 1. The average molecular weight is 477 g/mol. The molecule has 5 rings (SSSR count). The Hall–Kier alpha value is -2.98. The molecule has 2 aliphatic heterocycles. The van der Waals surface area contributed by atoms with Crippen LogP contribution in [0.1, 0.15) is 18.4 Å². The van der Waals surface area contributed by atoms with E-state index in [1.165, 1.54) is 11.3 Å².